The van der Waals surface area contributed by atoms with E-state index < -0.39 is 0 Å². The average molecular weight is 297 g/mol. The fourth-order valence-corrected chi connectivity index (χ4v) is 2.77. The third-order valence-corrected chi connectivity index (χ3v) is 3.73. The molecule has 1 heterocycles. The Balaban J connectivity index is 2.04. The quantitative estimate of drug-likeness (QED) is 0.618. The van der Waals surface area contributed by atoms with Gasteiger partial charge >= 0.3 is 0 Å². The molecule has 0 spiro atoms. The normalized spacial score (nSPS) is 13.1. The highest BCUT2D eigenvalue weighted by molar-refractivity contribution is 9.11. The zero-order chi connectivity index (χ0) is 10.4. The molecule has 80 valence electrons. The zero-order valence-corrected chi connectivity index (χ0v) is 11.4. The number of alkyl halides is 1. The van der Waals surface area contributed by atoms with Crippen molar-refractivity contribution in [2.24, 2.45) is 0 Å². The Hall–Kier alpha value is 0.430. The van der Waals surface area contributed by atoms with Crippen LogP contribution in [-0.4, -0.2) is 11.9 Å². The molecule has 0 aromatic carbocycles. The van der Waals surface area contributed by atoms with E-state index in [0.717, 1.165) is 25.9 Å². The van der Waals surface area contributed by atoms with Crippen LogP contribution in [0.25, 0.3) is 0 Å². The van der Waals surface area contributed by atoms with Crippen molar-refractivity contribution < 1.29 is 0 Å². The summed E-state index contributed by atoms with van der Waals surface area (Å²) in [6, 6.07) is 4.23. The maximum absolute atomic E-state index is 5.85. The van der Waals surface area contributed by atoms with Crippen LogP contribution in [0.3, 0.4) is 0 Å². The van der Waals surface area contributed by atoms with E-state index in [9.17, 15) is 0 Å². The van der Waals surface area contributed by atoms with E-state index in [2.05, 4.69) is 33.4 Å². The molecule has 1 aromatic heterocycles. The minimum atomic E-state index is 0.299. The molecule has 0 saturated carbocycles. The van der Waals surface area contributed by atoms with Gasteiger partial charge in [0.1, 0.15) is 0 Å². The summed E-state index contributed by atoms with van der Waals surface area (Å²) in [5.41, 5.74) is 0. The summed E-state index contributed by atoms with van der Waals surface area (Å²) in [6.07, 6.45) is 2.24. The monoisotopic (exact) mass is 295 g/mol. The van der Waals surface area contributed by atoms with Gasteiger partial charge in [-0.25, -0.2) is 0 Å². The second kappa shape index (κ2) is 6.83. The molecule has 0 radical (unpaired) electrons. The Morgan fingerprint density at radius 1 is 1.57 bits per heavy atom. The van der Waals surface area contributed by atoms with Crippen LogP contribution in [0, 0.1) is 0 Å². The van der Waals surface area contributed by atoms with Crippen LogP contribution >= 0.6 is 38.9 Å². The molecule has 0 aliphatic rings. The van der Waals surface area contributed by atoms with Crippen molar-refractivity contribution in [3.8, 4) is 0 Å². The Morgan fingerprint density at radius 2 is 2.36 bits per heavy atom. The first-order valence-corrected chi connectivity index (χ1v) is 6.82. The van der Waals surface area contributed by atoms with Crippen LogP contribution in [0.15, 0.2) is 15.9 Å². The van der Waals surface area contributed by atoms with Gasteiger partial charge in [0.2, 0.25) is 0 Å². The Labute approximate surface area is 103 Å². The molecule has 0 aliphatic heterocycles. The molecule has 1 N–H and O–H groups in total. The Kier molecular flexibility index (Phi) is 6.10. The molecule has 14 heavy (non-hydrogen) atoms. The van der Waals surface area contributed by atoms with Gasteiger partial charge in [-0.3, -0.25) is 0 Å². The molecular weight excluding hydrogens is 282 g/mol. The van der Waals surface area contributed by atoms with Crippen molar-refractivity contribution in [1.82, 2.24) is 5.32 Å². The number of hydrogen-bond acceptors (Lipinski definition) is 2. The minimum absolute atomic E-state index is 0.299. The van der Waals surface area contributed by atoms with Gasteiger partial charge in [-0.1, -0.05) is 0 Å². The molecule has 1 rings (SSSR count). The van der Waals surface area contributed by atoms with Gasteiger partial charge in [0, 0.05) is 16.8 Å². The number of hydrogen-bond donors (Lipinski definition) is 1. The van der Waals surface area contributed by atoms with Gasteiger partial charge in [-0.15, -0.1) is 22.9 Å². The predicted octanol–water partition coefficient (Wildman–Crippen LogP) is 4.01. The lowest BCUT2D eigenvalue weighted by Gasteiger charge is -2.03. The SMILES string of the molecule is CC(Cl)CCCNCc1ccc(Br)s1. The molecule has 1 aromatic rings. The van der Waals surface area contributed by atoms with Gasteiger partial charge in [0.05, 0.1) is 3.79 Å². The van der Waals surface area contributed by atoms with E-state index in [1.165, 1.54) is 8.66 Å². The Bertz CT molecular complexity index is 262. The van der Waals surface area contributed by atoms with Gasteiger partial charge in [0.25, 0.3) is 0 Å². The van der Waals surface area contributed by atoms with Crippen molar-refractivity contribution in [3.63, 3.8) is 0 Å². The van der Waals surface area contributed by atoms with Crippen molar-refractivity contribution in [2.75, 3.05) is 6.54 Å². The number of halogens is 2. The maximum atomic E-state index is 5.85. The first-order chi connectivity index (χ1) is 6.68. The summed E-state index contributed by atoms with van der Waals surface area (Å²) in [6.45, 7) is 4.05. The van der Waals surface area contributed by atoms with Gasteiger partial charge < -0.3 is 5.32 Å². The fraction of sp³-hybridized carbons (Fsp3) is 0.600. The van der Waals surface area contributed by atoms with Gasteiger partial charge in [-0.05, 0) is 54.4 Å². The summed E-state index contributed by atoms with van der Waals surface area (Å²) < 4.78 is 1.20. The van der Waals surface area contributed by atoms with Crippen molar-refractivity contribution in [2.45, 2.75) is 31.7 Å². The second-order valence-electron chi connectivity index (χ2n) is 3.31. The molecular formula is C10H15BrClNS. The first-order valence-electron chi connectivity index (χ1n) is 4.77. The standard InChI is InChI=1S/C10H15BrClNS/c1-8(12)3-2-6-13-7-9-4-5-10(11)14-9/h4-5,8,13H,2-3,6-7H2,1H3. The van der Waals surface area contributed by atoms with Crippen molar-refractivity contribution >= 4 is 38.9 Å². The van der Waals surface area contributed by atoms with Crippen molar-refractivity contribution in [1.29, 1.82) is 0 Å². The highest BCUT2D eigenvalue weighted by atomic mass is 79.9. The van der Waals surface area contributed by atoms with E-state index in [1.807, 2.05) is 6.92 Å². The highest BCUT2D eigenvalue weighted by Crippen LogP contribution is 2.21. The molecule has 0 amide bonds. The van der Waals surface area contributed by atoms with Crippen LogP contribution in [-0.2, 0) is 6.54 Å². The lowest BCUT2D eigenvalue weighted by molar-refractivity contribution is 0.623. The number of rotatable bonds is 6. The van der Waals surface area contributed by atoms with Crippen LogP contribution in [0.2, 0.25) is 0 Å². The average Bonchev–Trinajstić information content (AvgIpc) is 2.50. The molecule has 0 fully saturated rings. The van der Waals surface area contributed by atoms with E-state index in [1.54, 1.807) is 11.3 Å². The predicted molar refractivity (Wildman–Crippen MR) is 68.3 cm³/mol. The molecule has 1 nitrogen and oxygen atoms in total. The molecule has 1 atom stereocenters. The van der Waals surface area contributed by atoms with E-state index >= 15 is 0 Å². The molecule has 0 aliphatic carbocycles. The molecule has 0 bridgehead atoms. The summed E-state index contributed by atoms with van der Waals surface area (Å²) in [5, 5.41) is 3.70. The van der Waals surface area contributed by atoms with Crippen molar-refractivity contribution in [3.05, 3.63) is 20.8 Å². The molecule has 1 unspecified atom stereocenters. The lowest BCUT2D eigenvalue weighted by atomic mass is 10.2. The maximum Gasteiger partial charge on any atom is 0.0701 e. The topological polar surface area (TPSA) is 12.0 Å². The summed E-state index contributed by atoms with van der Waals surface area (Å²) in [4.78, 5) is 1.37. The first kappa shape index (κ1) is 12.5. The van der Waals surface area contributed by atoms with Crippen LogP contribution < -0.4 is 5.32 Å². The third-order valence-electron chi connectivity index (χ3n) is 1.88. The lowest BCUT2D eigenvalue weighted by Crippen LogP contribution is -2.14. The van der Waals surface area contributed by atoms with E-state index in [-0.39, 0.29) is 0 Å². The van der Waals surface area contributed by atoms with Crippen LogP contribution in [0.4, 0.5) is 0 Å². The number of thiophene rings is 1. The smallest absolute Gasteiger partial charge is 0.0701 e. The fourth-order valence-electron chi connectivity index (χ4n) is 1.17. The summed E-state index contributed by atoms with van der Waals surface area (Å²) >= 11 is 11.1. The molecule has 0 saturated heterocycles. The van der Waals surface area contributed by atoms with E-state index in [4.69, 9.17) is 11.6 Å². The largest absolute Gasteiger partial charge is 0.312 e. The van der Waals surface area contributed by atoms with Gasteiger partial charge in [-0.2, -0.15) is 0 Å². The number of nitrogens with one attached hydrogen (secondary N) is 1. The Morgan fingerprint density at radius 3 is 2.93 bits per heavy atom. The second-order valence-corrected chi connectivity index (χ2v) is 6.60. The molecule has 4 heteroatoms. The van der Waals surface area contributed by atoms with E-state index in [0.29, 0.717) is 5.38 Å². The van der Waals surface area contributed by atoms with Crippen LogP contribution in [0.1, 0.15) is 24.6 Å². The summed E-state index contributed by atoms with van der Waals surface area (Å²) in [7, 11) is 0. The zero-order valence-electron chi connectivity index (χ0n) is 8.22. The highest BCUT2D eigenvalue weighted by Gasteiger charge is 1.98. The summed E-state index contributed by atoms with van der Waals surface area (Å²) in [5.74, 6) is 0. The third kappa shape index (κ3) is 5.35. The minimum Gasteiger partial charge on any atom is -0.312 e. The van der Waals surface area contributed by atoms with Gasteiger partial charge in [0.15, 0.2) is 0 Å². The van der Waals surface area contributed by atoms with Crippen LogP contribution in [0.5, 0.6) is 0 Å².